The van der Waals surface area contributed by atoms with Crippen molar-refractivity contribution in [1.29, 1.82) is 0 Å². The third kappa shape index (κ3) is 5.48. The van der Waals surface area contributed by atoms with Crippen LogP contribution in [0.1, 0.15) is 13.8 Å². The summed E-state index contributed by atoms with van der Waals surface area (Å²) in [5.41, 5.74) is 1.83. The Morgan fingerprint density at radius 1 is 1.00 bits per heavy atom. The molecule has 0 aliphatic heterocycles. The van der Waals surface area contributed by atoms with Gasteiger partial charge >= 0.3 is 0 Å². The number of hydrogen-bond acceptors (Lipinski definition) is 0. The minimum absolute atomic E-state index is 0.870. The summed E-state index contributed by atoms with van der Waals surface area (Å²) in [7, 11) is 0. The van der Waals surface area contributed by atoms with Gasteiger partial charge in [0.15, 0.2) is 0 Å². The van der Waals surface area contributed by atoms with Crippen molar-refractivity contribution >= 4 is 0 Å². The summed E-state index contributed by atoms with van der Waals surface area (Å²) in [6.45, 7) is 18.5. The van der Waals surface area contributed by atoms with Crippen LogP contribution in [0, 0.1) is 0 Å². The van der Waals surface area contributed by atoms with Crippen molar-refractivity contribution in [2.45, 2.75) is 13.8 Å². The van der Waals surface area contributed by atoms with Crippen LogP contribution in [-0.2, 0) is 0 Å². The molecule has 66 valence electrons. The van der Waals surface area contributed by atoms with Gasteiger partial charge in [-0.05, 0) is 11.1 Å². The van der Waals surface area contributed by atoms with E-state index in [1.807, 2.05) is 19.9 Å². The zero-order valence-corrected chi connectivity index (χ0v) is 8.14. The Kier molecular flexibility index (Phi) is 10.8. The van der Waals surface area contributed by atoms with Crippen LogP contribution in [0.5, 0.6) is 0 Å². The van der Waals surface area contributed by atoms with Crippen molar-refractivity contribution in [3.05, 3.63) is 61.8 Å². The van der Waals surface area contributed by atoms with Crippen LogP contribution in [0.15, 0.2) is 61.8 Å². The van der Waals surface area contributed by atoms with Gasteiger partial charge in [-0.1, -0.05) is 64.5 Å². The van der Waals surface area contributed by atoms with Gasteiger partial charge in [-0.3, -0.25) is 0 Å². The lowest BCUT2D eigenvalue weighted by molar-refractivity contribution is 1.50. The molecule has 12 heavy (non-hydrogen) atoms. The molecule has 0 aliphatic carbocycles. The highest BCUT2D eigenvalue weighted by molar-refractivity contribution is 5.44. The topological polar surface area (TPSA) is 0 Å². The zero-order valence-electron chi connectivity index (χ0n) is 8.14. The predicted molar refractivity (Wildman–Crippen MR) is 59.2 cm³/mol. The van der Waals surface area contributed by atoms with Crippen LogP contribution >= 0.6 is 0 Å². The van der Waals surface area contributed by atoms with Crippen LogP contribution in [-0.4, -0.2) is 0 Å². The van der Waals surface area contributed by atoms with E-state index in [2.05, 4.69) is 26.3 Å². The summed E-state index contributed by atoms with van der Waals surface area (Å²) in [4.78, 5) is 0. The molecule has 0 aromatic carbocycles. The highest BCUT2D eigenvalue weighted by atomic mass is 13.9. The van der Waals surface area contributed by atoms with E-state index in [4.69, 9.17) is 0 Å². The molecule has 0 atom stereocenters. The number of hydrogen-bond donors (Lipinski definition) is 0. The number of rotatable bonds is 4. The van der Waals surface area contributed by atoms with Crippen LogP contribution in [0.25, 0.3) is 0 Å². The maximum Gasteiger partial charge on any atom is -0.0196 e. The van der Waals surface area contributed by atoms with E-state index >= 15 is 0 Å². The second-order valence-electron chi connectivity index (χ2n) is 1.79. The Hall–Kier alpha value is -1.30. The van der Waals surface area contributed by atoms with E-state index in [0.29, 0.717) is 0 Å². The molecule has 0 nitrogen and oxygen atoms in total. The first-order chi connectivity index (χ1) is 5.76. The van der Waals surface area contributed by atoms with Gasteiger partial charge in [0.05, 0.1) is 0 Å². The molecular weight excluding hydrogens is 144 g/mol. The van der Waals surface area contributed by atoms with E-state index in [1.54, 1.807) is 18.2 Å². The van der Waals surface area contributed by atoms with Gasteiger partial charge < -0.3 is 0 Å². The first kappa shape index (κ1) is 13.3. The van der Waals surface area contributed by atoms with Gasteiger partial charge in [0.2, 0.25) is 0 Å². The second kappa shape index (κ2) is 9.70. The highest BCUT2D eigenvalue weighted by Crippen LogP contribution is 2.08. The van der Waals surface area contributed by atoms with E-state index in [-0.39, 0.29) is 0 Å². The van der Waals surface area contributed by atoms with Crippen molar-refractivity contribution < 1.29 is 0 Å². The molecule has 0 saturated carbocycles. The van der Waals surface area contributed by atoms with Gasteiger partial charge in [-0.15, -0.1) is 0 Å². The highest BCUT2D eigenvalue weighted by Gasteiger charge is 1.89. The Balaban J connectivity index is 0. The molecule has 0 heteroatoms. The largest absolute Gasteiger partial charge is 0.0990 e. The maximum atomic E-state index is 3.76. The normalized spacial score (nSPS) is 9.00. The molecule has 0 spiro atoms. The maximum absolute atomic E-state index is 3.76. The third-order valence-electron chi connectivity index (χ3n) is 1.13. The number of allylic oxidation sites excluding steroid dienone is 6. The van der Waals surface area contributed by atoms with E-state index in [0.717, 1.165) is 11.1 Å². The fraction of sp³-hybridized carbons (Fsp3) is 0.167. The molecule has 0 fully saturated rings. The van der Waals surface area contributed by atoms with E-state index in [1.165, 1.54) is 0 Å². The van der Waals surface area contributed by atoms with Crippen molar-refractivity contribution in [3.8, 4) is 0 Å². The summed E-state index contributed by atoms with van der Waals surface area (Å²) in [5.74, 6) is 0. The van der Waals surface area contributed by atoms with Crippen LogP contribution in [0.2, 0.25) is 0 Å². The molecule has 0 rings (SSSR count). The lowest BCUT2D eigenvalue weighted by Crippen LogP contribution is -1.77. The summed E-state index contributed by atoms with van der Waals surface area (Å²) in [6, 6.07) is 0. The Bertz CT molecular complexity index is 192. The van der Waals surface area contributed by atoms with Gasteiger partial charge in [-0.2, -0.15) is 0 Å². The quantitative estimate of drug-likeness (QED) is 0.547. The Labute approximate surface area is 76.3 Å². The average molecular weight is 162 g/mol. The Morgan fingerprint density at radius 2 is 1.50 bits per heavy atom. The molecule has 0 heterocycles. The molecule has 0 bridgehead atoms. The fourth-order valence-electron chi connectivity index (χ4n) is 0.551. The van der Waals surface area contributed by atoms with Crippen LogP contribution < -0.4 is 0 Å². The molecule has 0 aliphatic rings. The molecule has 0 amide bonds. The monoisotopic (exact) mass is 162 g/mol. The van der Waals surface area contributed by atoms with Crippen molar-refractivity contribution in [2.75, 3.05) is 0 Å². The van der Waals surface area contributed by atoms with E-state index in [9.17, 15) is 0 Å². The average Bonchev–Trinajstić information content (AvgIpc) is 2.16. The molecule has 0 aromatic rings. The smallest absolute Gasteiger partial charge is 0.0196 e. The van der Waals surface area contributed by atoms with Crippen molar-refractivity contribution in [3.63, 3.8) is 0 Å². The van der Waals surface area contributed by atoms with Gasteiger partial charge in [0.1, 0.15) is 0 Å². The minimum atomic E-state index is 0.870. The van der Waals surface area contributed by atoms with Gasteiger partial charge in [0.25, 0.3) is 0 Å². The van der Waals surface area contributed by atoms with Crippen molar-refractivity contribution in [1.82, 2.24) is 0 Å². The van der Waals surface area contributed by atoms with Crippen molar-refractivity contribution in [2.24, 2.45) is 0 Å². The zero-order chi connectivity index (χ0) is 9.98. The van der Waals surface area contributed by atoms with Crippen LogP contribution in [0.3, 0.4) is 0 Å². The second-order valence-corrected chi connectivity index (χ2v) is 1.79. The molecule has 0 N–H and O–H groups in total. The lowest BCUT2D eigenvalue weighted by atomic mass is 10.1. The molecule has 0 unspecified atom stereocenters. The lowest BCUT2D eigenvalue weighted by Gasteiger charge is -1.96. The summed E-state index contributed by atoms with van der Waals surface area (Å²) < 4.78 is 0. The predicted octanol–water partition coefficient (Wildman–Crippen LogP) is 4.05. The standard InChI is InChI=1S/C10H12.C2H6/c1-5-8-10(7-3)9(4)6-2;1-2/h5-8H,1-4H2;1-2H3/b10-8-;. The first-order valence-electron chi connectivity index (χ1n) is 4.03. The fourth-order valence-corrected chi connectivity index (χ4v) is 0.551. The molecular formula is C12H18. The van der Waals surface area contributed by atoms with Gasteiger partial charge in [0, 0.05) is 0 Å². The Morgan fingerprint density at radius 3 is 1.75 bits per heavy atom. The molecule has 0 saturated heterocycles. The van der Waals surface area contributed by atoms with Crippen LogP contribution in [0.4, 0.5) is 0 Å². The SMILES string of the molecule is C=C/C=C(/C=C)C(=C)C=C.CC. The van der Waals surface area contributed by atoms with E-state index < -0.39 is 0 Å². The summed E-state index contributed by atoms with van der Waals surface area (Å²) in [6.07, 6.45) is 6.96. The third-order valence-corrected chi connectivity index (χ3v) is 1.13. The molecule has 0 aromatic heterocycles. The first-order valence-corrected chi connectivity index (χ1v) is 4.03. The summed E-state index contributed by atoms with van der Waals surface area (Å²) >= 11 is 0. The summed E-state index contributed by atoms with van der Waals surface area (Å²) in [5, 5.41) is 0. The minimum Gasteiger partial charge on any atom is -0.0990 e. The molecule has 0 radical (unpaired) electrons. The van der Waals surface area contributed by atoms with Gasteiger partial charge in [-0.25, -0.2) is 0 Å².